The van der Waals surface area contributed by atoms with Gasteiger partial charge in [0.25, 0.3) is 5.91 Å². The fraction of sp³-hybridized carbons (Fsp3) is 0.235. The van der Waals surface area contributed by atoms with Crippen LogP contribution in [-0.2, 0) is 4.79 Å². The number of carbonyl (C=O) groups excluding carboxylic acids is 1. The number of nitrogens with one attached hydrogen (secondary N) is 1. The zero-order valence-corrected chi connectivity index (χ0v) is 13.0. The molecule has 0 aliphatic heterocycles. The molecule has 0 saturated heterocycles. The predicted molar refractivity (Wildman–Crippen MR) is 85.4 cm³/mol. The lowest BCUT2D eigenvalue weighted by Crippen LogP contribution is -2.21. The lowest BCUT2D eigenvalue weighted by Gasteiger charge is -2.12. The first-order valence-electron chi connectivity index (χ1n) is 7.14. The van der Waals surface area contributed by atoms with Gasteiger partial charge in [0.2, 0.25) is 0 Å². The smallest absolute Gasteiger partial charge is 0.263 e. The third kappa shape index (κ3) is 4.71. The summed E-state index contributed by atoms with van der Waals surface area (Å²) in [6.45, 7) is 4.01. The van der Waals surface area contributed by atoms with Gasteiger partial charge in [0, 0.05) is 12.3 Å². The topological polar surface area (TPSA) is 84.2 Å². The van der Waals surface area contributed by atoms with Gasteiger partial charge in [-0.3, -0.25) is 4.79 Å². The Hall–Kier alpha value is -3.07. The zero-order chi connectivity index (χ0) is 16.7. The molecule has 0 saturated carbocycles. The number of rotatable bonds is 6. The van der Waals surface area contributed by atoms with Crippen LogP contribution in [0.4, 0.5) is 5.82 Å². The molecule has 1 aromatic heterocycles. The summed E-state index contributed by atoms with van der Waals surface area (Å²) in [7, 11) is 0. The van der Waals surface area contributed by atoms with Crippen LogP contribution in [0.5, 0.6) is 11.5 Å². The van der Waals surface area contributed by atoms with E-state index in [1.807, 2.05) is 26.0 Å². The number of benzene rings is 1. The lowest BCUT2D eigenvalue weighted by molar-refractivity contribution is -0.118. The molecule has 118 valence electrons. The monoisotopic (exact) mass is 311 g/mol. The first-order chi connectivity index (χ1) is 11.1. The minimum Gasteiger partial charge on any atom is -0.490 e. The normalized spacial score (nSPS) is 9.78. The Morgan fingerprint density at radius 1 is 1.26 bits per heavy atom. The number of carbonyl (C=O) groups is 1. The summed E-state index contributed by atoms with van der Waals surface area (Å²) in [5.41, 5.74) is 1.48. The molecule has 0 fully saturated rings. The van der Waals surface area contributed by atoms with E-state index in [2.05, 4.69) is 10.3 Å². The summed E-state index contributed by atoms with van der Waals surface area (Å²) in [6.07, 6.45) is 1.67. The molecule has 6 nitrogen and oxygen atoms in total. The Morgan fingerprint density at radius 3 is 2.74 bits per heavy atom. The van der Waals surface area contributed by atoms with Gasteiger partial charge in [-0.25, -0.2) is 4.98 Å². The van der Waals surface area contributed by atoms with Crippen molar-refractivity contribution >= 4 is 11.7 Å². The van der Waals surface area contributed by atoms with E-state index in [9.17, 15) is 4.79 Å². The predicted octanol–water partition coefficient (Wildman–Crippen LogP) is 2.68. The van der Waals surface area contributed by atoms with Gasteiger partial charge in [-0.1, -0.05) is 6.07 Å². The maximum absolute atomic E-state index is 11.9. The molecular weight excluding hydrogens is 294 g/mol. The van der Waals surface area contributed by atoms with Crippen molar-refractivity contribution in [1.29, 1.82) is 5.26 Å². The largest absolute Gasteiger partial charge is 0.490 e. The summed E-state index contributed by atoms with van der Waals surface area (Å²) in [5.74, 6) is 0.993. The van der Waals surface area contributed by atoms with Crippen molar-refractivity contribution in [3.8, 4) is 17.6 Å². The number of hydrogen-bond donors (Lipinski definition) is 1. The van der Waals surface area contributed by atoms with Gasteiger partial charge in [-0.15, -0.1) is 0 Å². The van der Waals surface area contributed by atoms with E-state index in [1.165, 1.54) is 0 Å². The van der Waals surface area contributed by atoms with E-state index < -0.39 is 0 Å². The molecule has 0 spiro atoms. The maximum atomic E-state index is 11.9. The minimum atomic E-state index is -0.326. The van der Waals surface area contributed by atoms with E-state index in [0.29, 0.717) is 29.5 Å². The third-order valence-electron chi connectivity index (χ3n) is 2.91. The molecule has 23 heavy (non-hydrogen) atoms. The Morgan fingerprint density at radius 2 is 2.09 bits per heavy atom. The fourth-order valence-corrected chi connectivity index (χ4v) is 1.83. The Bertz CT molecular complexity index is 721. The summed E-state index contributed by atoms with van der Waals surface area (Å²) >= 11 is 0. The number of pyridine rings is 1. The minimum absolute atomic E-state index is 0.179. The second kappa shape index (κ2) is 7.80. The number of amides is 1. The molecule has 1 heterocycles. The van der Waals surface area contributed by atoms with Crippen molar-refractivity contribution in [2.45, 2.75) is 13.8 Å². The Labute approximate surface area is 134 Å². The number of hydrogen-bond acceptors (Lipinski definition) is 5. The van der Waals surface area contributed by atoms with Crippen LogP contribution in [0.3, 0.4) is 0 Å². The highest BCUT2D eigenvalue weighted by Gasteiger charge is 2.10. The van der Waals surface area contributed by atoms with Crippen LogP contribution >= 0.6 is 0 Å². The van der Waals surface area contributed by atoms with Gasteiger partial charge in [0.1, 0.15) is 5.82 Å². The number of nitrogens with zero attached hydrogens (tertiary/aromatic N) is 2. The second-order valence-corrected chi connectivity index (χ2v) is 4.76. The van der Waals surface area contributed by atoms with Crippen LogP contribution in [0, 0.1) is 18.3 Å². The highest BCUT2D eigenvalue weighted by atomic mass is 16.5. The SMILES string of the molecule is CCOc1cc(C#N)ccc1OCC(=O)Nc1ccc(C)cn1. The third-order valence-corrected chi connectivity index (χ3v) is 2.91. The van der Waals surface area contributed by atoms with Gasteiger partial charge in [0.05, 0.1) is 18.2 Å². The maximum Gasteiger partial charge on any atom is 0.263 e. The number of anilines is 1. The summed E-state index contributed by atoms with van der Waals surface area (Å²) in [5, 5.41) is 11.6. The quantitative estimate of drug-likeness (QED) is 0.886. The average molecular weight is 311 g/mol. The number of aryl methyl sites for hydroxylation is 1. The lowest BCUT2D eigenvalue weighted by atomic mass is 10.2. The van der Waals surface area contributed by atoms with Crippen molar-refractivity contribution in [2.75, 3.05) is 18.5 Å². The van der Waals surface area contributed by atoms with Crippen molar-refractivity contribution < 1.29 is 14.3 Å². The molecule has 6 heteroatoms. The van der Waals surface area contributed by atoms with Crippen LogP contribution in [0.2, 0.25) is 0 Å². The molecule has 1 N–H and O–H groups in total. The number of ether oxygens (including phenoxy) is 2. The average Bonchev–Trinajstić information content (AvgIpc) is 2.56. The fourth-order valence-electron chi connectivity index (χ4n) is 1.83. The van der Waals surface area contributed by atoms with Gasteiger partial charge in [-0.05, 0) is 37.6 Å². The second-order valence-electron chi connectivity index (χ2n) is 4.76. The molecule has 2 aromatic rings. The molecule has 2 rings (SSSR count). The molecular formula is C17H17N3O3. The highest BCUT2D eigenvalue weighted by Crippen LogP contribution is 2.28. The van der Waals surface area contributed by atoms with Crippen LogP contribution in [0.25, 0.3) is 0 Å². The van der Waals surface area contributed by atoms with Crippen molar-refractivity contribution in [3.05, 3.63) is 47.7 Å². The van der Waals surface area contributed by atoms with Crippen molar-refractivity contribution in [3.63, 3.8) is 0 Å². The molecule has 0 aliphatic rings. The van der Waals surface area contributed by atoms with Crippen LogP contribution in [-0.4, -0.2) is 24.1 Å². The van der Waals surface area contributed by atoms with Gasteiger partial charge in [0.15, 0.2) is 18.1 Å². The van der Waals surface area contributed by atoms with Gasteiger partial charge in [-0.2, -0.15) is 5.26 Å². The summed E-state index contributed by atoms with van der Waals surface area (Å²) in [4.78, 5) is 16.0. The van der Waals surface area contributed by atoms with Crippen LogP contribution in [0.15, 0.2) is 36.5 Å². The van der Waals surface area contributed by atoms with E-state index in [-0.39, 0.29) is 12.5 Å². The zero-order valence-electron chi connectivity index (χ0n) is 13.0. The highest BCUT2D eigenvalue weighted by molar-refractivity contribution is 5.90. The van der Waals surface area contributed by atoms with E-state index in [1.54, 1.807) is 30.5 Å². The summed E-state index contributed by atoms with van der Waals surface area (Å²) < 4.78 is 10.9. The van der Waals surface area contributed by atoms with E-state index in [4.69, 9.17) is 14.7 Å². The first-order valence-corrected chi connectivity index (χ1v) is 7.14. The van der Waals surface area contributed by atoms with Gasteiger partial charge < -0.3 is 14.8 Å². The number of nitriles is 1. The molecule has 0 unspecified atom stereocenters. The Balaban J connectivity index is 1.98. The summed E-state index contributed by atoms with van der Waals surface area (Å²) in [6, 6.07) is 10.4. The molecule has 0 bridgehead atoms. The molecule has 0 radical (unpaired) electrons. The Kier molecular flexibility index (Phi) is 5.53. The van der Waals surface area contributed by atoms with Gasteiger partial charge >= 0.3 is 0 Å². The number of aromatic nitrogens is 1. The van der Waals surface area contributed by atoms with E-state index >= 15 is 0 Å². The molecule has 0 aliphatic carbocycles. The standard InChI is InChI=1S/C17H17N3O3/c1-3-22-15-8-13(9-18)5-6-14(15)23-11-17(21)20-16-7-4-12(2)10-19-16/h4-8,10H,3,11H2,1-2H3,(H,19,20,21). The van der Waals surface area contributed by atoms with Crippen LogP contribution in [0.1, 0.15) is 18.1 Å². The molecule has 1 aromatic carbocycles. The van der Waals surface area contributed by atoms with Crippen molar-refractivity contribution in [2.24, 2.45) is 0 Å². The molecule has 1 amide bonds. The van der Waals surface area contributed by atoms with Crippen LogP contribution < -0.4 is 14.8 Å². The first kappa shape index (κ1) is 16.3. The van der Waals surface area contributed by atoms with Crippen molar-refractivity contribution in [1.82, 2.24) is 4.98 Å². The molecule has 0 atom stereocenters. The van der Waals surface area contributed by atoms with E-state index in [0.717, 1.165) is 5.56 Å².